The monoisotopic (exact) mass is 298 g/mol. The van der Waals surface area contributed by atoms with Crippen LogP contribution in [0.15, 0.2) is 0 Å². The number of aromatic nitrogens is 2. The molecule has 0 aliphatic heterocycles. The molecule has 2 nitrogen and oxygen atoms in total. The molecule has 0 radical (unpaired) electrons. The lowest BCUT2D eigenvalue weighted by atomic mass is 10.1. The van der Waals surface area contributed by atoms with Crippen LogP contribution in [0.1, 0.15) is 87.5 Å². The van der Waals surface area contributed by atoms with Crippen LogP contribution >= 0.6 is 11.6 Å². The van der Waals surface area contributed by atoms with E-state index in [9.17, 15) is 0 Å². The lowest BCUT2D eigenvalue weighted by molar-refractivity contribution is 0.511. The van der Waals surface area contributed by atoms with Crippen LogP contribution in [-0.4, -0.2) is 9.78 Å². The van der Waals surface area contributed by atoms with Gasteiger partial charge in [-0.05, 0) is 27.2 Å². The number of hydrogen-bond donors (Lipinski definition) is 0. The summed E-state index contributed by atoms with van der Waals surface area (Å²) in [6.07, 6.45) is 10.8. The lowest BCUT2D eigenvalue weighted by Crippen LogP contribution is -2.03. The van der Waals surface area contributed by atoms with Gasteiger partial charge in [0.2, 0.25) is 0 Å². The summed E-state index contributed by atoms with van der Waals surface area (Å²) in [5, 5.41) is 4.68. The highest BCUT2D eigenvalue weighted by Crippen LogP contribution is 2.26. The van der Waals surface area contributed by atoms with Crippen LogP contribution in [-0.2, 0) is 6.54 Å². The molecule has 1 unspecified atom stereocenters. The molecule has 116 valence electrons. The molecule has 0 aromatic carbocycles. The predicted octanol–water partition coefficient (Wildman–Crippen LogP) is 5.94. The number of halogens is 1. The zero-order valence-corrected chi connectivity index (χ0v) is 14.5. The predicted molar refractivity (Wildman–Crippen MR) is 88.6 cm³/mol. The zero-order valence-electron chi connectivity index (χ0n) is 13.7. The molecule has 1 rings (SSSR count). The Bertz CT molecular complexity index is 383. The number of hydrogen-bond acceptors (Lipinski definition) is 1. The topological polar surface area (TPSA) is 17.8 Å². The van der Waals surface area contributed by atoms with Crippen LogP contribution in [0.3, 0.4) is 0 Å². The first-order valence-corrected chi connectivity index (χ1v) is 8.69. The first-order chi connectivity index (χ1) is 9.57. The maximum Gasteiger partial charge on any atom is 0.0643 e. The summed E-state index contributed by atoms with van der Waals surface area (Å²) in [6.45, 7) is 9.53. The van der Waals surface area contributed by atoms with Gasteiger partial charge in [-0.2, -0.15) is 5.10 Å². The third kappa shape index (κ3) is 5.47. The van der Waals surface area contributed by atoms with Gasteiger partial charge in [-0.15, -0.1) is 11.6 Å². The summed E-state index contributed by atoms with van der Waals surface area (Å²) >= 11 is 6.22. The van der Waals surface area contributed by atoms with Crippen LogP contribution in [0.5, 0.6) is 0 Å². The second-order valence-electron chi connectivity index (χ2n) is 5.90. The zero-order chi connectivity index (χ0) is 15.0. The van der Waals surface area contributed by atoms with Crippen molar-refractivity contribution in [2.24, 2.45) is 0 Å². The van der Waals surface area contributed by atoms with E-state index in [0.717, 1.165) is 12.2 Å². The second-order valence-corrected chi connectivity index (χ2v) is 6.55. The lowest BCUT2D eigenvalue weighted by Gasteiger charge is -2.07. The van der Waals surface area contributed by atoms with Gasteiger partial charge in [-0.25, -0.2) is 0 Å². The van der Waals surface area contributed by atoms with Crippen LogP contribution in [0.25, 0.3) is 0 Å². The van der Waals surface area contributed by atoms with Crippen molar-refractivity contribution in [1.82, 2.24) is 9.78 Å². The van der Waals surface area contributed by atoms with Crippen molar-refractivity contribution in [2.75, 3.05) is 0 Å². The molecule has 0 spiro atoms. The van der Waals surface area contributed by atoms with Gasteiger partial charge >= 0.3 is 0 Å². The van der Waals surface area contributed by atoms with Gasteiger partial charge < -0.3 is 0 Å². The van der Waals surface area contributed by atoms with E-state index in [0.29, 0.717) is 0 Å². The third-order valence-electron chi connectivity index (χ3n) is 4.06. The van der Waals surface area contributed by atoms with Gasteiger partial charge in [0.25, 0.3) is 0 Å². The van der Waals surface area contributed by atoms with Crippen molar-refractivity contribution in [1.29, 1.82) is 0 Å². The van der Waals surface area contributed by atoms with Crippen LogP contribution in [0.4, 0.5) is 0 Å². The van der Waals surface area contributed by atoms with Crippen molar-refractivity contribution in [2.45, 2.75) is 91.0 Å². The van der Waals surface area contributed by atoms with Gasteiger partial charge in [0, 0.05) is 17.8 Å². The molecule has 0 amide bonds. The molecule has 1 aromatic heterocycles. The van der Waals surface area contributed by atoms with Crippen molar-refractivity contribution >= 4 is 11.6 Å². The number of nitrogens with zero attached hydrogens (tertiary/aromatic N) is 2. The summed E-state index contributed by atoms with van der Waals surface area (Å²) < 4.78 is 2.14. The van der Waals surface area contributed by atoms with Gasteiger partial charge in [-0.3, -0.25) is 4.68 Å². The Morgan fingerprint density at radius 1 is 1.00 bits per heavy atom. The van der Waals surface area contributed by atoms with Gasteiger partial charge in [0.1, 0.15) is 0 Å². The molecule has 1 aromatic rings. The summed E-state index contributed by atoms with van der Waals surface area (Å²) in [6, 6.07) is 0. The van der Waals surface area contributed by atoms with Gasteiger partial charge in [-0.1, -0.05) is 51.9 Å². The van der Waals surface area contributed by atoms with E-state index in [1.807, 2.05) is 6.92 Å². The minimum atomic E-state index is 0.0577. The molecular weight excluding hydrogens is 268 g/mol. The molecule has 3 heteroatoms. The Kier molecular flexibility index (Phi) is 8.28. The Morgan fingerprint density at radius 2 is 1.55 bits per heavy atom. The summed E-state index contributed by atoms with van der Waals surface area (Å²) in [7, 11) is 0. The average molecular weight is 299 g/mol. The molecular formula is C17H31ClN2. The smallest absolute Gasteiger partial charge is 0.0643 e. The van der Waals surface area contributed by atoms with E-state index in [4.69, 9.17) is 11.6 Å². The fourth-order valence-corrected chi connectivity index (χ4v) is 3.22. The van der Waals surface area contributed by atoms with E-state index < -0.39 is 0 Å². The Hall–Kier alpha value is -0.500. The quantitative estimate of drug-likeness (QED) is 0.386. The largest absolute Gasteiger partial charge is 0.269 e. The fraction of sp³-hybridized carbons (Fsp3) is 0.824. The summed E-state index contributed by atoms with van der Waals surface area (Å²) in [4.78, 5) is 0. The molecule has 1 atom stereocenters. The molecule has 0 bridgehead atoms. The minimum absolute atomic E-state index is 0.0577. The Balaban J connectivity index is 2.24. The van der Waals surface area contributed by atoms with Crippen LogP contribution in [0, 0.1) is 13.8 Å². The number of alkyl halides is 1. The standard InChI is InChI=1S/C17H31ClN2/c1-5-6-7-8-9-10-11-12-13-20-16(4)17(14(2)18)15(3)19-20/h14H,5-13H2,1-4H3. The molecule has 0 fully saturated rings. The van der Waals surface area contributed by atoms with E-state index in [2.05, 4.69) is 30.6 Å². The first kappa shape index (κ1) is 17.6. The first-order valence-electron chi connectivity index (χ1n) is 8.25. The SMILES string of the molecule is CCCCCCCCCCn1nc(C)c(C(C)Cl)c1C. The Labute approximate surface area is 129 Å². The van der Waals surface area contributed by atoms with Crippen molar-refractivity contribution in [3.05, 3.63) is 17.0 Å². The van der Waals surface area contributed by atoms with Crippen molar-refractivity contribution in [3.8, 4) is 0 Å². The van der Waals surface area contributed by atoms with E-state index in [1.54, 1.807) is 0 Å². The molecule has 0 aliphatic carbocycles. The summed E-state index contributed by atoms with van der Waals surface area (Å²) in [5.41, 5.74) is 3.55. The molecule has 0 saturated carbocycles. The minimum Gasteiger partial charge on any atom is -0.269 e. The van der Waals surface area contributed by atoms with Crippen molar-refractivity contribution < 1.29 is 0 Å². The molecule has 0 saturated heterocycles. The van der Waals surface area contributed by atoms with Gasteiger partial charge in [0.15, 0.2) is 0 Å². The summed E-state index contributed by atoms with van der Waals surface area (Å²) in [5.74, 6) is 0. The normalized spacial score (nSPS) is 12.8. The van der Waals surface area contributed by atoms with E-state index in [1.165, 1.54) is 62.6 Å². The molecule has 20 heavy (non-hydrogen) atoms. The highest BCUT2D eigenvalue weighted by atomic mass is 35.5. The maximum atomic E-state index is 6.22. The Morgan fingerprint density at radius 3 is 2.05 bits per heavy atom. The van der Waals surface area contributed by atoms with E-state index >= 15 is 0 Å². The highest BCUT2D eigenvalue weighted by Gasteiger charge is 2.15. The molecule has 0 N–H and O–H groups in total. The van der Waals surface area contributed by atoms with Crippen LogP contribution in [0.2, 0.25) is 0 Å². The van der Waals surface area contributed by atoms with Gasteiger partial charge in [0.05, 0.1) is 11.1 Å². The highest BCUT2D eigenvalue weighted by molar-refractivity contribution is 6.20. The number of unbranched alkanes of at least 4 members (excludes halogenated alkanes) is 7. The fourth-order valence-electron chi connectivity index (χ4n) is 2.90. The number of aryl methyl sites for hydroxylation is 2. The third-order valence-corrected chi connectivity index (χ3v) is 4.28. The van der Waals surface area contributed by atoms with E-state index in [-0.39, 0.29) is 5.38 Å². The molecule has 0 aliphatic rings. The van der Waals surface area contributed by atoms with Crippen LogP contribution < -0.4 is 0 Å². The second kappa shape index (κ2) is 9.44. The average Bonchev–Trinajstić information content (AvgIpc) is 2.67. The van der Waals surface area contributed by atoms with Crippen molar-refractivity contribution in [3.63, 3.8) is 0 Å². The molecule has 1 heterocycles. The maximum absolute atomic E-state index is 6.22. The number of rotatable bonds is 10.